The molecule has 0 radical (unpaired) electrons. The molecule has 20 heavy (non-hydrogen) atoms. The molecular formula is C18H22N2. The van der Waals surface area contributed by atoms with Crippen LogP contribution >= 0.6 is 0 Å². The molecule has 0 saturated heterocycles. The number of hydrogen-bond donors (Lipinski definition) is 1. The minimum absolute atomic E-state index is 0.390. The lowest BCUT2D eigenvalue weighted by molar-refractivity contribution is 0.649. The van der Waals surface area contributed by atoms with E-state index in [0.29, 0.717) is 6.04 Å². The van der Waals surface area contributed by atoms with Crippen LogP contribution in [-0.4, -0.2) is 13.6 Å². The van der Waals surface area contributed by atoms with Crippen LogP contribution in [-0.2, 0) is 13.0 Å². The Labute approximate surface area is 121 Å². The summed E-state index contributed by atoms with van der Waals surface area (Å²) in [6.45, 7) is 4.35. The molecule has 1 aliphatic rings. The summed E-state index contributed by atoms with van der Waals surface area (Å²) in [7, 11) is 2.03. The maximum Gasteiger partial charge on any atom is 0.0450 e. The molecule has 1 aliphatic heterocycles. The van der Waals surface area contributed by atoms with Crippen molar-refractivity contribution in [3.63, 3.8) is 0 Å². The van der Waals surface area contributed by atoms with Crippen LogP contribution in [0.4, 0.5) is 5.69 Å². The molecule has 2 nitrogen and oxygen atoms in total. The Morgan fingerprint density at radius 1 is 1.10 bits per heavy atom. The summed E-state index contributed by atoms with van der Waals surface area (Å²) in [5.74, 6) is 0. The highest BCUT2D eigenvalue weighted by atomic mass is 15.2. The third kappa shape index (κ3) is 2.44. The summed E-state index contributed by atoms with van der Waals surface area (Å²) in [6.07, 6.45) is 1.16. The van der Waals surface area contributed by atoms with E-state index in [-0.39, 0.29) is 0 Å². The molecule has 1 heterocycles. The second-order valence-electron chi connectivity index (χ2n) is 5.52. The quantitative estimate of drug-likeness (QED) is 0.910. The molecule has 0 fully saturated rings. The first-order valence-corrected chi connectivity index (χ1v) is 7.37. The zero-order chi connectivity index (χ0) is 13.9. The van der Waals surface area contributed by atoms with E-state index in [2.05, 4.69) is 65.7 Å². The number of benzene rings is 2. The number of nitrogens with one attached hydrogen (secondary N) is 1. The molecule has 2 heteroatoms. The zero-order valence-electron chi connectivity index (χ0n) is 12.3. The molecule has 104 valence electrons. The molecule has 0 amide bonds. The minimum atomic E-state index is 0.390. The summed E-state index contributed by atoms with van der Waals surface area (Å²) < 4.78 is 0. The van der Waals surface area contributed by atoms with Gasteiger partial charge in [0.15, 0.2) is 0 Å². The van der Waals surface area contributed by atoms with Gasteiger partial charge in [-0.15, -0.1) is 0 Å². The fourth-order valence-electron chi connectivity index (χ4n) is 3.03. The Morgan fingerprint density at radius 3 is 2.65 bits per heavy atom. The van der Waals surface area contributed by atoms with E-state index in [9.17, 15) is 0 Å². The van der Waals surface area contributed by atoms with Gasteiger partial charge in [-0.05, 0) is 37.1 Å². The van der Waals surface area contributed by atoms with Crippen molar-refractivity contribution in [2.75, 3.05) is 18.5 Å². The fraction of sp³-hybridized carbons (Fsp3) is 0.333. The molecular weight excluding hydrogens is 244 g/mol. The smallest absolute Gasteiger partial charge is 0.0450 e. The van der Waals surface area contributed by atoms with Crippen LogP contribution in [0.2, 0.25) is 0 Å². The van der Waals surface area contributed by atoms with Gasteiger partial charge in [-0.25, -0.2) is 0 Å². The van der Waals surface area contributed by atoms with Gasteiger partial charge in [0, 0.05) is 24.8 Å². The number of rotatable bonds is 4. The van der Waals surface area contributed by atoms with Crippen molar-refractivity contribution in [3.05, 3.63) is 65.2 Å². The van der Waals surface area contributed by atoms with Crippen molar-refractivity contribution in [1.82, 2.24) is 5.32 Å². The summed E-state index contributed by atoms with van der Waals surface area (Å²) in [5.41, 5.74) is 5.73. The monoisotopic (exact) mass is 266 g/mol. The van der Waals surface area contributed by atoms with E-state index in [0.717, 1.165) is 19.5 Å². The summed E-state index contributed by atoms with van der Waals surface area (Å²) in [6, 6.07) is 17.8. The van der Waals surface area contributed by atoms with E-state index >= 15 is 0 Å². The third-order valence-electron chi connectivity index (χ3n) is 4.23. The standard InChI is InChI=1S/C18H22N2/c1-14(19-2)17-10-6-9-16-11-12-20(18(16)17)13-15-7-4-3-5-8-15/h3-10,14,19H,11-13H2,1-2H3. The second kappa shape index (κ2) is 5.68. The predicted molar refractivity (Wildman–Crippen MR) is 85.1 cm³/mol. The Bertz CT molecular complexity index is 577. The van der Waals surface area contributed by atoms with Crippen LogP contribution in [0.1, 0.15) is 29.7 Å². The summed E-state index contributed by atoms with van der Waals surface area (Å²) >= 11 is 0. The maximum atomic E-state index is 3.37. The summed E-state index contributed by atoms with van der Waals surface area (Å²) in [4.78, 5) is 2.52. The SMILES string of the molecule is CNC(C)c1cccc2c1N(Cc1ccccc1)CC2. The van der Waals surface area contributed by atoms with Crippen molar-refractivity contribution < 1.29 is 0 Å². The molecule has 0 saturated carbocycles. The van der Waals surface area contributed by atoms with Crippen LogP contribution < -0.4 is 10.2 Å². The van der Waals surface area contributed by atoms with Crippen molar-refractivity contribution in [2.45, 2.75) is 25.9 Å². The van der Waals surface area contributed by atoms with Crippen LogP contribution in [0.15, 0.2) is 48.5 Å². The Kier molecular flexibility index (Phi) is 3.75. The first-order chi connectivity index (χ1) is 9.79. The third-order valence-corrected chi connectivity index (χ3v) is 4.23. The topological polar surface area (TPSA) is 15.3 Å². The first-order valence-electron chi connectivity index (χ1n) is 7.37. The highest BCUT2D eigenvalue weighted by Gasteiger charge is 2.23. The van der Waals surface area contributed by atoms with Gasteiger partial charge in [-0.3, -0.25) is 0 Å². The molecule has 0 spiro atoms. The van der Waals surface area contributed by atoms with Gasteiger partial charge >= 0.3 is 0 Å². The Hall–Kier alpha value is -1.80. The van der Waals surface area contributed by atoms with Gasteiger partial charge in [-0.2, -0.15) is 0 Å². The molecule has 2 aromatic carbocycles. The van der Waals surface area contributed by atoms with Gasteiger partial charge in [0.05, 0.1) is 0 Å². The van der Waals surface area contributed by atoms with E-state index in [4.69, 9.17) is 0 Å². The molecule has 3 rings (SSSR count). The van der Waals surface area contributed by atoms with Crippen LogP contribution in [0.5, 0.6) is 0 Å². The number of nitrogens with zero attached hydrogens (tertiary/aromatic N) is 1. The van der Waals surface area contributed by atoms with Crippen LogP contribution in [0.25, 0.3) is 0 Å². The molecule has 2 aromatic rings. The fourth-order valence-corrected chi connectivity index (χ4v) is 3.03. The molecule has 1 N–H and O–H groups in total. The molecule has 0 bridgehead atoms. The maximum absolute atomic E-state index is 3.37. The number of hydrogen-bond acceptors (Lipinski definition) is 2. The first kappa shape index (κ1) is 13.2. The molecule has 0 aromatic heterocycles. The van der Waals surface area contributed by atoms with Gasteiger partial charge in [0.25, 0.3) is 0 Å². The van der Waals surface area contributed by atoms with Gasteiger partial charge in [0.1, 0.15) is 0 Å². The lowest BCUT2D eigenvalue weighted by Gasteiger charge is -2.25. The number of anilines is 1. The zero-order valence-corrected chi connectivity index (χ0v) is 12.3. The highest BCUT2D eigenvalue weighted by molar-refractivity contribution is 5.64. The number of fused-ring (bicyclic) bond motifs is 1. The van der Waals surface area contributed by atoms with Crippen molar-refractivity contribution in [2.24, 2.45) is 0 Å². The van der Waals surface area contributed by atoms with Crippen molar-refractivity contribution in [1.29, 1.82) is 0 Å². The average Bonchev–Trinajstić information content (AvgIpc) is 2.91. The van der Waals surface area contributed by atoms with E-state index in [1.165, 1.54) is 22.4 Å². The van der Waals surface area contributed by atoms with Gasteiger partial charge in [-0.1, -0.05) is 48.5 Å². The second-order valence-corrected chi connectivity index (χ2v) is 5.52. The lowest BCUT2D eigenvalue weighted by Crippen LogP contribution is -2.23. The molecule has 1 unspecified atom stereocenters. The van der Waals surface area contributed by atoms with Crippen LogP contribution in [0, 0.1) is 0 Å². The predicted octanol–water partition coefficient (Wildman–Crippen LogP) is 3.53. The van der Waals surface area contributed by atoms with Crippen LogP contribution in [0.3, 0.4) is 0 Å². The Balaban J connectivity index is 1.92. The summed E-state index contributed by atoms with van der Waals surface area (Å²) in [5, 5.41) is 3.37. The minimum Gasteiger partial charge on any atom is -0.366 e. The normalized spacial score (nSPS) is 15.2. The van der Waals surface area contributed by atoms with Crippen molar-refractivity contribution in [3.8, 4) is 0 Å². The molecule has 0 aliphatic carbocycles. The highest BCUT2D eigenvalue weighted by Crippen LogP contribution is 2.35. The number of para-hydroxylation sites is 1. The van der Waals surface area contributed by atoms with Gasteiger partial charge in [0.2, 0.25) is 0 Å². The van der Waals surface area contributed by atoms with E-state index in [1.807, 2.05) is 7.05 Å². The molecule has 1 atom stereocenters. The van der Waals surface area contributed by atoms with Crippen molar-refractivity contribution >= 4 is 5.69 Å². The van der Waals surface area contributed by atoms with Gasteiger partial charge < -0.3 is 10.2 Å². The largest absolute Gasteiger partial charge is 0.366 e. The average molecular weight is 266 g/mol. The Morgan fingerprint density at radius 2 is 1.90 bits per heavy atom. The van der Waals surface area contributed by atoms with E-state index in [1.54, 1.807) is 0 Å². The lowest BCUT2D eigenvalue weighted by atomic mass is 10.0. The van der Waals surface area contributed by atoms with E-state index < -0.39 is 0 Å².